The van der Waals surface area contributed by atoms with Gasteiger partial charge in [-0.1, -0.05) is 0 Å². The van der Waals surface area contributed by atoms with E-state index in [2.05, 4.69) is 27.6 Å². The van der Waals surface area contributed by atoms with Crippen LogP contribution < -0.4 is 10.6 Å². The van der Waals surface area contributed by atoms with Gasteiger partial charge in [-0.3, -0.25) is 4.79 Å². The van der Waals surface area contributed by atoms with E-state index in [4.69, 9.17) is 0 Å². The van der Waals surface area contributed by atoms with Crippen molar-refractivity contribution in [2.24, 2.45) is 0 Å². The highest BCUT2D eigenvalue weighted by molar-refractivity contribution is 5.98. The highest BCUT2D eigenvalue weighted by Crippen LogP contribution is 2.13. The Morgan fingerprint density at radius 1 is 1.47 bits per heavy atom. The molecule has 2 N–H and O–H groups in total. The molecule has 1 saturated heterocycles. The fourth-order valence-electron chi connectivity index (χ4n) is 2.31. The molecule has 1 amide bonds. The number of rotatable bonds is 4. The summed E-state index contributed by atoms with van der Waals surface area (Å²) in [4.78, 5) is 18.8. The Balaban J connectivity index is 1.99. The number of nitrogens with one attached hydrogen (secondary N) is 2. The molecule has 0 bridgehead atoms. The van der Waals surface area contributed by atoms with E-state index in [-0.39, 0.29) is 11.9 Å². The summed E-state index contributed by atoms with van der Waals surface area (Å²) < 4.78 is 0. The molecule has 2 rings (SSSR count). The van der Waals surface area contributed by atoms with Gasteiger partial charge >= 0.3 is 0 Å². The van der Waals surface area contributed by atoms with Gasteiger partial charge in [-0.2, -0.15) is 0 Å². The number of carbonyl (C=O) groups is 1. The number of nitrogens with zero attached hydrogens (tertiary/aromatic N) is 2. The van der Waals surface area contributed by atoms with Gasteiger partial charge in [-0.25, -0.2) is 4.98 Å². The first-order valence-corrected chi connectivity index (χ1v) is 6.89. The maximum absolute atomic E-state index is 12.3. The lowest BCUT2D eigenvalue weighted by atomic mass is 10.1. The zero-order chi connectivity index (χ0) is 13.7. The third-order valence-electron chi connectivity index (χ3n) is 3.45. The van der Waals surface area contributed by atoms with E-state index < -0.39 is 0 Å². The average molecular weight is 262 g/mol. The first-order chi connectivity index (χ1) is 9.20. The van der Waals surface area contributed by atoms with Crippen molar-refractivity contribution < 1.29 is 4.79 Å². The number of pyridine rings is 1. The minimum Gasteiger partial charge on any atom is -0.370 e. The summed E-state index contributed by atoms with van der Waals surface area (Å²) in [5.41, 5.74) is 0.628. The van der Waals surface area contributed by atoms with Crippen LogP contribution in [0.4, 0.5) is 5.82 Å². The summed E-state index contributed by atoms with van der Waals surface area (Å²) in [5, 5.41) is 6.23. The van der Waals surface area contributed by atoms with Crippen LogP contribution in [0.1, 0.15) is 30.1 Å². The molecule has 0 aromatic carbocycles. The molecule has 1 aromatic heterocycles. The first-order valence-electron chi connectivity index (χ1n) is 6.89. The lowest BCUT2D eigenvalue weighted by Gasteiger charge is -2.29. The molecule has 5 nitrogen and oxygen atoms in total. The summed E-state index contributed by atoms with van der Waals surface area (Å²) in [6.45, 7) is 4.83. The Hall–Kier alpha value is -1.62. The minimum atomic E-state index is -0.0291. The quantitative estimate of drug-likeness (QED) is 0.859. The van der Waals surface area contributed by atoms with Crippen molar-refractivity contribution in [3.8, 4) is 0 Å². The van der Waals surface area contributed by atoms with Crippen molar-refractivity contribution in [1.82, 2.24) is 15.2 Å². The molecule has 1 aromatic rings. The number of carbonyl (C=O) groups excluding carboxylic acids is 1. The number of anilines is 1. The molecule has 1 aliphatic heterocycles. The third-order valence-corrected chi connectivity index (χ3v) is 3.45. The molecule has 0 radical (unpaired) electrons. The monoisotopic (exact) mass is 262 g/mol. The topological polar surface area (TPSA) is 57.3 Å². The van der Waals surface area contributed by atoms with Gasteiger partial charge in [0.2, 0.25) is 0 Å². The van der Waals surface area contributed by atoms with Crippen molar-refractivity contribution in [2.75, 3.05) is 32.0 Å². The summed E-state index contributed by atoms with van der Waals surface area (Å²) in [6, 6.07) is 3.89. The van der Waals surface area contributed by atoms with Crippen LogP contribution in [-0.4, -0.2) is 48.5 Å². The van der Waals surface area contributed by atoms with E-state index in [0.29, 0.717) is 11.4 Å². The highest BCUT2D eigenvalue weighted by atomic mass is 16.1. The molecular weight excluding hydrogens is 240 g/mol. The fraction of sp³-hybridized carbons (Fsp3) is 0.571. The molecule has 0 saturated carbocycles. The van der Waals surface area contributed by atoms with Crippen molar-refractivity contribution in [2.45, 2.75) is 25.8 Å². The maximum atomic E-state index is 12.3. The van der Waals surface area contributed by atoms with Gasteiger partial charge in [-0.05, 0) is 52.0 Å². The van der Waals surface area contributed by atoms with Crippen LogP contribution in [0.2, 0.25) is 0 Å². The number of hydrogen-bond acceptors (Lipinski definition) is 4. The van der Waals surface area contributed by atoms with Crippen molar-refractivity contribution in [3.05, 3.63) is 23.9 Å². The van der Waals surface area contributed by atoms with Crippen LogP contribution in [0, 0.1) is 0 Å². The van der Waals surface area contributed by atoms with E-state index in [0.717, 1.165) is 32.5 Å². The molecule has 2 heterocycles. The predicted molar refractivity (Wildman–Crippen MR) is 76.4 cm³/mol. The van der Waals surface area contributed by atoms with Crippen LogP contribution in [-0.2, 0) is 0 Å². The summed E-state index contributed by atoms with van der Waals surface area (Å²) in [6.07, 6.45) is 3.72. The average Bonchev–Trinajstić information content (AvgIpc) is 2.42. The number of likely N-dealkylation sites (tertiary alicyclic amines) is 1. The van der Waals surface area contributed by atoms with Crippen LogP contribution in [0.5, 0.6) is 0 Å². The summed E-state index contributed by atoms with van der Waals surface area (Å²) in [5.74, 6) is 0.633. The zero-order valence-corrected chi connectivity index (χ0v) is 11.6. The van der Waals surface area contributed by atoms with Gasteiger partial charge in [0.25, 0.3) is 5.91 Å². The predicted octanol–water partition coefficient (Wildman–Crippen LogP) is 1.34. The summed E-state index contributed by atoms with van der Waals surface area (Å²) >= 11 is 0. The zero-order valence-electron chi connectivity index (χ0n) is 11.6. The van der Waals surface area contributed by atoms with Gasteiger partial charge in [-0.15, -0.1) is 0 Å². The molecular formula is C14H22N4O. The van der Waals surface area contributed by atoms with Gasteiger partial charge in [0.1, 0.15) is 5.82 Å². The molecule has 0 spiro atoms. The van der Waals surface area contributed by atoms with Gasteiger partial charge in [0, 0.05) is 18.8 Å². The smallest absolute Gasteiger partial charge is 0.255 e. The van der Waals surface area contributed by atoms with Crippen molar-refractivity contribution in [1.29, 1.82) is 0 Å². The van der Waals surface area contributed by atoms with Gasteiger partial charge < -0.3 is 15.5 Å². The Bertz CT molecular complexity index is 427. The van der Waals surface area contributed by atoms with Crippen LogP contribution >= 0.6 is 0 Å². The van der Waals surface area contributed by atoms with E-state index in [1.807, 2.05) is 13.0 Å². The Morgan fingerprint density at radius 3 is 2.89 bits per heavy atom. The molecule has 0 aliphatic carbocycles. The van der Waals surface area contributed by atoms with Crippen LogP contribution in [0.15, 0.2) is 18.3 Å². The standard InChI is InChI=1S/C14H22N4O/c1-3-15-13-12(5-4-8-16-13)14(19)17-11-6-9-18(2)10-7-11/h4-5,8,11H,3,6-7,9-10H2,1-2H3,(H,15,16)(H,17,19). The SMILES string of the molecule is CCNc1ncccc1C(=O)NC1CCN(C)CC1. The van der Waals surface area contributed by atoms with E-state index in [1.165, 1.54) is 0 Å². The van der Waals surface area contributed by atoms with Crippen molar-refractivity contribution >= 4 is 11.7 Å². The fourth-order valence-corrected chi connectivity index (χ4v) is 2.31. The highest BCUT2D eigenvalue weighted by Gasteiger charge is 2.20. The number of aromatic nitrogens is 1. The number of amides is 1. The summed E-state index contributed by atoms with van der Waals surface area (Å²) in [7, 11) is 2.11. The Labute approximate surface area is 114 Å². The first kappa shape index (κ1) is 13.8. The molecule has 0 atom stereocenters. The van der Waals surface area contributed by atoms with E-state index in [1.54, 1.807) is 12.3 Å². The van der Waals surface area contributed by atoms with Gasteiger partial charge in [0.15, 0.2) is 0 Å². The number of piperidine rings is 1. The van der Waals surface area contributed by atoms with Crippen LogP contribution in [0.3, 0.4) is 0 Å². The van der Waals surface area contributed by atoms with E-state index >= 15 is 0 Å². The van der Waals surface area contributed by atoms with E-state index in [9.17, 15) is 4.79 Å². The Morgan fingerprint density at radius 2 is 2.21 bits per heavy atom. The molecule has 0 unspecified atom stereocenters. The van der Waals surface area contributed by atoms with Crippen LogP contribution in [0.25, 0.3) is 0 Å². The molecule has 104 valence electrons. The minimum absolute atomic E-state index is 0.0291. The second-order valence-corrected chi connectivity index (χ2v) is 4.98. The molecule has 1 fully saturated rings. The molecule has 19 heavy (non-hydrogen) atoms. The third kappa shape index (κ3) is 3.67. The lowest BCUT2D eigenvalue weighted by Crippen LogP contribution is -2.43. The maximum Gasteiger partial charge on any atom is 0.255 e. The lowest BCUT2D eigenvalue weighted by molar-refractivity contribution is 0.0917. The largest absolute Gasteiger partial charge is 0.370 e. The number of hydrogen-bond donors (Lipinski definition) is 2. The molecule has 5 heteroatoms. The Kier molecular flexibility index (Phi) is 4.74. The second-order valence-electron chi connectivity index (χ2n) is 4.98. The van der Waals surface area contributed by atoms with Crippen molar-refractivity contribution in [3.63, 3.8) is 0 Å². The second kappa shape index (κ2) is 6.52. The molecule has 1 aliphatic rings. The normalized spacial score (nSPS) is 17.2. The van der Waals surface area contributed by atoms with Gasteiger partial charge in [0.05, 0.1) is 5.56 Å².